The third-order valence-corrected chi connectivity index (χ3v) is 5.03. The first-order valence-electron chi connectivity index (χ1n) is 7.20. The lowest BCUT2D eigenvalue weighted by Gasteiger charge is -2.31. The number of hydrogen-bond acceptors (Lipinski definition) is 6. The Bertz CT molecular complexity index is 615. The van der Waals surface area contributed by atoms with Crippen LogP contribution in [0.1, 0.15) is 19.8 Å². The predicted molar refractivity (Wildman–Crippen MR) is 82.1 cm³/mol. The molecule has 22 heavy (non-hydrogen) atoms. The molecule has 0 spiro atoms. The van der Waals surface area contributed by atoms with Crippen molar-refractivity contribution in [1.29, 1.82) is 0 Å². The zero-order valence-corrected chi connectivity index (χ0v) is 13.6. The number of aromatic nitrogens is 1. The highest BCUT2D eigenvalue weighted by molar-refractivity contribution is 7.89. The van der Waals surface area contributed by atoms with Gasteiger partial charge in [-0.05, 0) is 30.9 Å². The largest absolute Gasteiger partial charge is 0.468 e. The van der Waals surface area contributed by atoms with Gasteiger partial charge in [-0.3, -0.25) is 4.79 Å². The second kappa shape index (κ2) is 7.06. The Morgan fingerprint density at radius 3 is 2.86 bits per heavy atom. The number of hydrogen-bond donors (Lipinski definition) is 1. The van der Waals surface area contributed by atoms with E-state index in [1.54, 1.807) is 6.07 Å². The smallest absolute Gasteiger partial charge is 0.320 e. The normalized spacial score (nSPS) is 19.0. The molecule has 1 fully saturated rings. The van der Waals surface area contributed by atoms with Gasteiger partial charge in [0.1, 0.15) is 17.3 Å². The minimum Gasteiger partial charge on any atom is -0.468 e. The molecular formula is C14H21N3O4S. The Hall–Kier alpha value is -1.67. The number of piperidine rings is 1. The molecule has 0 amide bonds. The van der Waals surface area contributed by atoms with Crippen molar-refractivity contribution < 1.29 is 17.9 Å². The van der Waals surface area contributed by atoms with E-state index in [1.807, 2.05) is 0 Å². The van der Waals surface area contributed by atoms with E-state index in [4.69, 9.17) is 0 Å². The highest BCUT2D eigenvalue weighted by Gasteiger charge is 2.20. The molecule has 0 unspecified atom stereocenters. The molecule has 1 aliphatic rings. The Morgan fingerprint density at radius 2 is 2.27 bits per heavy atom. The van der Waals surface area contributed by atoms with Crippen molar-refractivity contribution in [2.24, 2.45) is 5.92 Å². The summed E-state index contributed by atoms with van der Waals surface area (Å²) in [5.41, 5.74) is 0. The Kier molecular flexibility index (Phi) is 5.36. The number of esters is 1. The van der Waals surface area contributed by atoms with Gasteiger partial charge in [0.15, 0.2) is 0 Å². The SMILES string of the molecule is COC(=O)CNS(=O)(=O)c1ccc(N2CCC[C@H](C)C2)nc1. The molecule has 1 aromatic heterocycles. The van der Waals surface area contributed by atoms with Crippen LogP contribution in [0.5, 0.6) is 0 Å². The molecule has 2 heterocycles. The summed E-state index contributed by atoms with van der Waals surface area (Å²) < 4.78 is 30.6. The highest BCUT2D eigenvalue weighted by Crippen LogP contribution is 2.21. The molecule has 1 saturated heterocycles. The van der Waals surface area contributed by atoms with E-state index in [-0.39, 0.29) is 4.90 Å². The maximum atomic E-state index is 12.0. The zero-order valence-electron chi connectivity index (χ0n) is 12.8. The minimum atomic E-state index is -3.76. The Balaban J connectivity index is 2.06. The summed E-state index contributed by atoms with van der Waals surface area (Å²) in [6, 6.07) is 3.20. The Morgan fingerprint density at radius 1 is 1.50 bits per heavy atom. The fraction of sp³-hybridized carbons (Fsp3) is 0.571. The van der Waals surface area contributed by atoms with Crippen molar-refractivity contribution in [3.63, 3.8) is 0 Å². The van der Waals surface area contributed by atoms with E-state index in [0.29, 0.717) is 5.92 Å². The predicted octanol–water partition coefficient (Wildman–Crippen LogP) is 0.769. The van der Waals surface area contributed by atoms with Gasteiger partial charge in [0.2, 0.25) is 10.0 Å². The maximum Gasteiger partial charge on any atom is 0.320 e. The molecule has 0 radical (unpaired) electrons. The topological polar surface area (TPSA) is 88.6 Å². The van der Waals surface area contributed by atoms with E-state index < -0.39 is 22.5 Å². The molecule has 1 aliphatic heterocycles. The van der Waals surface area contributed by atoms with Crippen LogP contribution in [0.25, 0.3) is 0 Å². The molecule has 1 N–H and O–H groups in total. The van der Waals surface area contributed by atoms with Crippen LogP contribution < -0.4 is 9.62 Å². The molecule has 7 nitrogen and oxygen atoms in total. The van der Waals surface area contributed by atoms with E-state index >= 15 is 0 Å². The third kappa shape index (κ3) is 4.17. The lowest BCUT2D eigenvalue weighted by Crippen LogP contribution is -2.35. The van der Waals surface area contributed by atoms with E-state index in [1.165, 1.54) is 25.8 Å². The summed E-state index contributed by atoms with van der Waals surface area (Å²) >= 11 is 0. The van der Waals surface area contributed by atoms with Gasteiger partial charge in [0, 0.05) is 19.3 Å². The number of anilines is 1. The van der Waals surface area contributed by atoms with E-state index in [0.717, 1.165) is 25.3 Å². The second-order valence-electron chi connectivity index (χ2n) is 5.45. The molecule has 122 valence electrons. The van der Waals surface area contributed by atoms with Crippen LogP contribution >= 0.6 is 0 Å². The van der Waals surface area contributed by atoms with Crippen molar-refractivity contribution >= 4 is 21.8 Å². The fourth-order valence-electron chi connectivity index (χ4n) is 2.43. The van der Waals surface area contributed by atoms with Crippen LogP contribution in [0, 0.1) is 5.92 Å². The molecule has 0 saturated carbocycles. The van der Waals surface area contributed by atoms with Crippen LogP contribution in [0.15, 0.2) is 23.2 Å². The summed E-state index contributed by atoms with van der Waals surface area (Å²) in [5, 5.41) is 0. The average Bonchev–Trinajstić information content (AvgIpc) is 2.53. The Labute approximate surface area is 130 Å². The van der Waals surface area contributed by atoms with Crippen molar-refractivity contribution in [3.05, 3.63) is 18.3 Å². The summed E-state index contributed by atoms with van der Waals surface area (Å²) in [6.45, 7) is 3.66. The monoisotopic (exact) mass is 327 g/mol. The lowest BCUT2D eigenvalue weighted by atomic mass is 10.0. The number of nitrogens with one attached hydrogen (secondary N) is 1. The molecule has 1 aromatic rings. The molecule has 0 aliphatic carbocycles. The first kappa shape index (κ1) is 16.7. The van der Waals surface area contributed by atoms with Gasteiger partial charge in [-0.25, -0.2) is 13.4 Å². The summed E-state index contributed by atoms with van der Waals surface area (Å²) in [7, 11) is -2.55. The molecule has 2 rings (SSSR count). The fourth-order valence-corrected chi connectivity index (χ4v) is 3.34. The zero-order chi connectivity index (χ0) is 16.2. The summed E-state index contributed by atoms with van der Waals surface area (Å²) in [5.74, 6) is 0.745. The third-order valence-electron chi connectivity index (χ3n) is 3.65. The number of carbonyl (C=O) groups is 1. The summed E-state index contributed by atoms with van der Waals surface area (Å²) in [6.07, 6.45) is 3.64. The maximum absolute atomic E-state index is 12.0. The minimum absolute atomic E-state index is 0.0326. The average molecular weight is 327 g/mol. The van der Waals surface area contributed by atoms with Crippen molar-refractivity contribution in [2.45, 2.75) is 24.7 Å². The van der Waals surface area contributed by atoms with Crippen LogP contribution in [0.4, 0.5) is 5.82 Å². The molecule has 1 atom stereocenters. The number of nitrogens with zero attached hydrogens (tertiary/aromatic N) is 2. The van der Waals surface area contributed by atoms with Gasteiger partial charge in [-0.15, -0.1) is 0 Å². The number of sulfonamides is 1. The second-order valence-corrected chi connectivity index (χ2v) is 7.21. The molecule has 0 aromatic carbocycles. The summed E-state index contributed by atoms with van der Waals surface area (Å²) in [4.78, 5) is 17.4. The highest BCUT2D eigenvalue weighted by atomic mass is 32.2. The molecule has 8 heteroatoms. The lowest BCUT2D eigenvalue weighted by molar-refractivity contribution is -0.139. The standard InChI is InChI=1S/C14H21N3O4S/c1-11-4-3-7-17(10-11)13-6-5-12(8-15-13)22(19,20)16-9-14(18)21-2/h5-6,8,11,16H,3-4,7,9-10H2,1-2H3/t11-/m0/s1. The van der Waals surface area contributed by atoms with E-state index in [9.17, 15) is 13.2 Å². The number of carbonyl (C=O) groups excluding carboxylic acids is 1. The molecular weight excluding hydrogens is 306 g/mol. The quantitative estimate of drug-likeness (QED) is 0.804. The number of methoxy groups -OCH3 is 1. The van der Waals surface area contributed by atoms with Crippen LogP contribution in [0.2, 0.25) is 0 Å². The van der Waals surface area contributed by atoms with Crippen molar-refractivity contribution in [2.75, 3.05) is 31.6 Å². The van der Waals surface area contributed by atoms with Crippen molar-refractivity contribution in [3.8, 4) is 0 Å². The van der Waals surface area contributed by atoms with Gasteiger partial charge in [0.05, 0.1) is 7.11 Å². The van der Waals surface area contributed by atoms with Crippen LogP contribution in [-0.4, -0.2) is 46.1 Å². The van der Waals surface area contributed by atoms with E-state index in [2.05, 4.69) is 26.3 Å². The molecule has 0 bridgehead atoms. The number of rotatable bonds is 5. The van der Waals surface area contributed by atoms with Crippen LogP contribution in [-0.2, 0) is 19.6 Å². The van der Waals surface area contributed by atoms with Gasteiger partial charge >= 0.3 is 5.97 Å². The first-order valence-corrected chi connectivity index (χ1v) is 8.68. The van der Waals surface area contributed by atoms with Gasteiger partial charge < -0.3 is 9.64 Å². The number of pyridine rings is 1. The van der Waals surface area contributed by atoms with Gasteiger partial charge in [-0.1, -0.05) is 6.92 Å². The van der Waals surface area contributed by atoms with Gasteiger partial charge in [-0.2, -0.15) is 4.72 Å². The van der Waals surface area contributed by atoms with Crippen molar-refractivity contribution in [1.82, 2.24) is 9.71 Å². The first-order chi connectivity index (χ1) is 10.4. The van der Waals surface area contributed by atoms with Gasteiger partial charge in [0.25, 0.3) is 0 Å². The number of ether oxygens (including phenoxy) is 1. The van der Waals surface area contributed by atoms with Crippen LogP contribution in [0.3, 0.4) is 0 Å².